The maximum Gasteiger partial charge on any atom is 0.254 e. The average Bonchev–Trinajstić information content (AvgIpc) is 2.99. The second kappa shape index (κ2) is 9.90. The van der Waals surface area contributed by atoms with Crippen molar-refractivity contribution in [2.24, 2.45) is 4.99 Å². The third kappa shape index (κ3) is 4.87. The Morgan fingerprint density at radius 1 is 1.00 bits per heavy atom. The van der Waals surface area contributed by atoms with Crippen molar-refractivity contribution in [3.8, 4) is 0 Å². The van der Waals surface area contributed by atoms with Crippen LogP contribution in [-0.2, 0) is 0 Å². The highest BCUT2D eigenvalue weighted by atomic mass is 32.2. The van der Waals surface area contributed by atoms with E-state index in [0.717, 1.165) is 47.8 Å². The van der Waals surface area contributed by atoms with Gasteiger partial charge in [-0.1, -0.05) is 48.9 Å². The molecule has 5 heteroatoms. The molecule has 2 heterocycles. The van der Waals surface area contributed by atoms with Crippen molar-refractivity contribution < 1.29 is 4.79 Å². The summed E-state index contributed by atoms with van der Waals surface area (Å²) in [7, 11) is 0. The van der Waals surface area contributed by atoms with Crippen molar-refractivity contribution in [2.45, 2.75) is 56.4 Å². The Hall–Kier alpha value is -3.05. The SMILES string of the molecule is CCCC1=Nc2cc(C(=O)N3CCN(c4cccc(C)c4)C(C)C3)ccc2Sc2ccc(C)cc21. The predicted molar refractivity (Wildman–Crippen MR) is 147 cm³/mol. The number of anilines is 1. The van der Waals surface area contributed by atoms with Crippen LogP contribution in [-0.4, -0.2) is 42.2 Å². The lowest BCUT2D eigenvalue weighted by atomic mass is 10.0. The van der Waals surface area contributed by atoms with Crippen molar-refractivity contribution in [1.29, 1.82) is 0 Å². The fourth-order valence-electron chi connectivity index (χ4n) is 5.05. The molecule has 1 atom stereocenters. The summed E-state index contributed by atoms with van der Waals surface area (Å²) in [6.45, 7) is 10.9. The standard InChI is InChI=1S/C30H33N3OS/c1-5-7-26-25-17-21(3)10-12-28(25)35-29-13-11-23(18-27(29)31-26)30(34)32-14-15-33(22(4)19-32)24-9-6-8-20(2)16-24/h6,8-13,16-18,22H,5,7,14-15,19H2,1-4H3. The molecule has 0 aliphatic carbocycles. The number of rotatable bonds is 4. The maximum absolute atomic E-state index is 13.5. The van der Waals surface area contributed by atoms with E-state index in [9.17, 15) is 4.79 Å². The minimum absolute atomic E-state index is 0.0957. The van der Waals surface area contributed by atoms with Gasteiger partial charge in [-0.15, -0.1) is 0 Å². The van der Waals surface area contributed by atoms with E-state index in [0.29, 0.717) is 6.54 Å². The van der Waals surface area contributed by atoms with Crippen LogP contribution in [0.2, 0.25) is 0 Å². The van der Waals surface area contributed by atoms with E-state index in [4.69, 9.17) is 4.99 Å². The summed E-state index contributed by atoms with van der Waals surface area (Å²) in [5, 5.41) is 0. The zero-order valence-corrected chi connectivity index (χ0v) is 21.9. The number of carbonyl (C=O) groups is 1. The van der Waals surface area contributed by atoms with Crippen LogP contribution >= 0.6 is 11.8 Å². The van der Waals surface area contributed by atoms with Crippen LogP contribution in [0.15, 0.2) is 75.4 Å². The van der Waals surface area contributed by atoms with Crippen LogP contribution in [0.5, 0.6) is 0 Å². The molecule has 5 rings (SSSR count). The number of fused-ring (bicyclic) bond motifs is 2. The quantitative estimate of drug-likeness (QED) is 0.399. The lowest BCUT2D eigenvalue weighted by Gasteiger charge is -2.41. The minimum atomic E-state index is 0.0957. The molecule has 2 aliphatic rings. The molecular weight excluding hydrogens is 450 g/mol. The van der Waals surface area contributed by atoms with E-state index >= 15 is 0 Å². The van der Waals surface area contributed by atoms with Crippen LogP contribution in [0.3, 0.4) is 0 Å². The first-order valence-electron chi connectivity index (χ1n) is 12.6. The first-order valence-corrected chi connectivity index (χ1v) is 13.4. The monoisotopic (exact) mass is 483 g/mol. The van der Waals surface area contributed by atoms with Crippen LogP contribution < -0.4 is 4.90 Å². The van der Waals surface area contributed by atoms with Gasteiger partial charge in [0.2, 0.25) is 0 Å². The number of hydrogen-bond donors (Lipinski definition) is 0. The van der Waals surface area contributed by atoms with Crippen LogP contribution in [0.4, 0.5) is 11.4 Å². The third-order valence-electron chi connectivity index (χ3n) is 6.86. The number of amides is 1. The van der Waals surface area contributed by atoms with Gasteiger partial charge in [-0.3, -0.25) is 9.79 Å². The van der Waals surface area contributed by atoms with Gasteiger partial charge in [0, 0.05) is 58.0 Å². The van der Waals surface area contributed by atoms with Crippen molar-refractivity contribution in [2.75, 3.05) is 24.5 Å². The smallest absolute Gasteiger partial charge is 0.254 e. The zero-order valence-electron chi connectivity index (χ0n) is 21.0. The molecule has 2 aliphatic heterocycles. The van der Waals surface area contributed by atoms with Gasteiger partial charge in [-0.05, 0) is 75.2 Å². The van der Waals surface area contributed by atoms with Gasteiger partial charge in [0.05, 0.1) is 5.69 Å². The van der Waals surface area contributed by atoms with E-state index in [-0.39, 0.29) is 11.9 Å². The number of nitrogens with zero attached hydrogens (tertiary/aromatic N) is 3. The van der Waals surface area contributed by atoms with Crippen LogP contribution in [0, 0.1) is 13.8 Å². The molecule has 3 aromatic carbocycles. The molecule has 3 aromatic rings. The summed E-state index contributed by atoms with van der Waals surface area (Å²) in [5.41, 5.74) is 7.71. The van der Waals surface area contributed by atoms with E-state index in [1.165, 1.54) is 27.3 Å². The Balaban J connectivity index is 1.39. The first kappa shape index (κ1) is 23.7. The maximum atomic E-state index is 13.5. The predicted octanol–water partition coefficient (Wildman–Crippen LogP) is 7.04. The van der Waals surface area contributed by atoms with Gasteiger partial charge in [0.1, 0.15) is 0 Å². The summed E-state index contributed by atoms with van der Waals surface area (Å²) in [5.74, 6) is 0.0957. The van der Waals surface area contributed by atoms with Crippen molar-refractivity contribution in [3.63, 3.8) is 0 Å². The second-order valence-corrected chi connectivity index (χ2v) is 10.8. The Morgan fingerprint density at radius 2 is 1.80 bits per heavy atom. The molecule has 0 radical (unpaired) electrons. The minimum Gasteiger partial charge on any atom is -0.365 e. The first-order chi connectivity index (χ1) is 16.9. The Bertz CT molecular complexity index is 1300. The summed E-state index contributed by atoms with van der Waals surface area (Å²) < 4.78 is 0. The van der Waals surface area contributed by atoms with E-state index in [2.05, 4.69) is 81.1 Å². The molecule has 35 heavy (non-hydrogen) atoms. The van der Waals surface area contributed by atoms with Crippen LogP contribution in [0.25, 0.3) is 0 Å². The molecule has 1 amide bonds. The van der Waals surface area contributed by atoms with Crippen molar-refractivity contribution in [3.05, 3.63) is 82.9 Å². The summed E-state index contributed by atoms with van der Waals surface area (Å²) >= 11 is 1.75. The van der Waals surface area contributed by atoms with Gasteiger partial charge in [-0.25, -0.2) is 0 Å². The number of benzene rings is 3. The average molecular weight is 484 g/mol. The molecule has 0 aromatic heterocycles. The van der Waals surface area contributed by atoms with Gasteiger partial charge in [-0.2, -0.15) is 0 Å². The molecule has 0 spiro atoms. The number of carbonyl (C=O) groups excluding carboxylic acids is 1. The highest BCUT2D eigenvalue weighted by Crippen LogP contribution is 2.41. The van der Waals surface area contributed by atoms with E-state index < -0.39 is 0 Å². The normalized spacial score (nSPS) is 17.4. The van der Waals surface area contributed by atoms with Crippen LogP contribution in [0.1, 0.15) is 53.7 Å². The van der Waals surface area contributed by atoms with Gasteiger partial charge < -0.3 is 9.80 Å². The second-order valence-electron chi connectivity index (χ2n) is 9.73. The van der Waals surface area contributed by atoms with Gasteiger partial charge in [0.15, 0.2) is 0 Å². The Kier molecular flexibility index (Phi) is 6.70. The van der Waals surface area contributed by atoms with Crippen molar-refractivity contribution >= 4 is 34.8 Å². The molecule has 0 saturated carbocycles. The fourth-order valence-corrected chi connectivity index (χ4v) is 6.05. The molecule has 1 unspecified atom stereocenters. The lowest BCUT2D eigenvalue weighted by molar-refractivity contribution is 0.0726. The van der Waals surface area contributed by atoms with E-state index in [1.54, 1.807) is 11.8 Å². The topological polar surface area (TPSA) is 35.9 Å². The molecule has 1 fully saturated rings. The summed E-state index contributed by atoms with van der Waals surface area (Å²) in [4.78, 5) is 25.4. The lowest BCUT2D eigenvalue weighted by Crippen LogP contribution is -2.53. The molecule has 4 nitrogen and oxygen atoms in total. The molecule has 1 saturated heterocycles. The number of aliphatic imine (C=N–C) groups is 1. The molecular formula is C30H33N3OS. The van der Waals surface area contributed by atoms with Gasteiger partial charge >= 0.3 is 0 Å². The highest BCUT2D eigenvalue weighted by molar-refractivity contribution is 7.99. The fraction of sp³-hybridized carbons (Fsp3) is 0.333. The highest BCUT2D eigenvalue weighted by Gasteiger charge is 2.28. The van der Waals surface area contributed by atoms with Gasteiger partial charge in [0.25, 0.3) is 5.91 Å². The Morgan fingerprint density at radius 3 is 2.57 bits per heavy atom. The van der Waals surface area contributed by atoms with Crippen molar-refractivity contribution in [1.82, 2.24) is 4.90 Å². The molecule has 180 valence electrons. The van der Waals surface area contributed by atoms with E-state index in [1.807, 2.05) is 17.0 Å². The third-order valence-corrected chi connectivity index (χ3v) is 8.00. The Labute approximate surface area is 213 Å². The largest absolute Gasteiger partial charge is 0.365 e. The number of aryl methyl sites for hydroxylation is 2. The number of hydrogen-bond acceptors (Lipinski definition) is 4. The zero-order chi connectivity index (χ0) is 24.5. The summed E-state index contributed by atoms with van der Waals surface area (Å²) in [6, 6.07) is 21.5. The summed E-state index contributed by atoms with van der Waals surface area (Å²) in [6.07, 6.45) is 1.96. The molecule has 0 N–H and O–H groups in total. The molecule has 0 bridgehead atoms. The number of piperazine rings is 1.